The summed E-state index contributed by atoms with van der Waals surface area (Å²) >= 11 is 0. The third-order valence-electron chi connectivity index (χ3n) is 2.21. The first-order valence-electron chi connectivity index (χ1n) is 5.21. The van der Waals surface area contributed by atoms with Gasteiger partial charge in [0.05, 0.1) is 0 Å². The molecule has 6 heteroatoms. The average Bonchev–Trinajstić information content (AvgIpc) is 2.13. The molecule has 0 spiro atoms. The number of aliphatic hydroxyl groups is 1. The molecule has 0 aliphatic rings. The molecule has 0 heterocycles. The van der Waals surface area contributed by atoms with Crippen molar-refractivity contribution in [2.24, 2.45) is 0 Å². The second-order valence-corrected chi connectivity index (χ2v) is 5.69. The first-order valence-corrected chi connectivity index (χ1v) is 6.61. The van der Waals surface area contributed by atoms with Gasteiger partial charge in [0, 0.05) is 32.8 Å². The highest BCUT2D eigenvalue weighted by Gasteiger charge is 2.27. The van der Waals surface area contributed by atoms with Crippen LogP contribution in [0.25, 0.3) is 0 Å². The van der Waals surface area contributed by atoms with Crippen molar-refractivity contribution in [2.45, 2.75) is 33.2 Å². The van der Waals surface area contributed by atoms with Crippen LogP contribution in [0.5, 0.6) is 0 Å². The van der Waals surface area contributed by atoms with Gasteiger partial charge in [-0.25, -0.2) is 0 Å². The molecular formula is C9H22N2O3S. The summed E-state index contributed by atoms with van der Waals surface area (Å²) in [4.78, 5) is 0. The predicted molar refractivity (Wildman–Crippen MR) is 60.8 cm³/mol. The van der Waals surface area contributed by atoms with E-state index in [1.165, 1.54) is 15.7 Å². The van der Waals surface area contributed by atoms with Crippen LogP contribution >= 0.6 is 0 Å². The SMILES string of the molecule is CCN(C(C)C)S(=O)(=O)N(C)CCCO. The van der Waals surface area contributed by atoms with Gasteiger partial charge in [-0.05, 0) is 20.3 Å². The number of hydrogen-bond donors (Lipinski definition) is 1. The Bertz CT molecular complexity index is 265. The van der Waals surface area contributed by atoms with E-state index in [1.54, 1.807) is 0 Å². The first kappa shape index (κ1) is 14.8. The van der Waals surface area contributed by atoms with E-state index in [1.807, 2.05) is 20.8 Å². The third kappa shape index (κ3) is 4.06. The van der Waals surface area contributed by atoms with Crippen molar-refractivity contribution in [3.05, 3.63) is 0 Å². The lowest BCUT2D eigenvalue weighted by molar-refractivity contribution is 0.268. The molecule has 0 fully saturated rings. The van der Waals surface area contributed by atoms with Crippen molar-refractivity contribution in [2.75, 3.05) is 26.7 Å². The molecule has 0 aromatic carbocycles. The molecule has 0 atom stereocenters. The minimum atomic E-state index is -3.37. The lowest BCUT2D eigenvalue weighted by Crippen LogP contribution is -2.45. The summed E-state index contributed by atoms with van der Waals surface area (Å²) in [5, 5.41) is 8.65. The molecule has 0 aromatic rings. The maximum absolute atomic E-state index is 12.0. The molecule has 1 N–H and O–H groups in total. The Morgan fingerprint density at radius 2 is 1.87 bits per heavy atom. The summed E-state index contributed by atoms with van der Waals surface area (Å²) in [7, 11) is -1.83. The standard InChI is InChI=1S/C9H22N2O3S/c1-5-11(9(2)3)15(13,14)10(4)7-6-8-12/h9,12H,5-8H2,1-4H3. The van der Waals surface area contributed by atoms with Crippen LogP contribution in [0.4, 0.5) is 0 Å². The molecular weight excluding hydrogens is 216 g/mol. The topological polar surface area (TPSA) is 60.9 Å². The van der Waals surface area contributed by atoms with Crippen LogP contribution in [0.15, 0.2) is 0 Å². The second kappa shape index (κ2) is 6.42. The third-order valence-corrected chi connectivity index (χ3v) is 4.45. The van der Waals surface area contributed by atoms with Crippen molar-refractivity contribution in [1.29, 1.82) is 0 Å². The van der Waals surface area contributed by atoms with E-state index in [4.69, 9.17) is 5.11 Å². The van der Waals surface area contributed by atoms with E-state index in [9.17, 15) is 8.42 Å². The van der Waals surface area contributed by atoms with Crippen molar-refractivity contribution < 1.29 is 13.5 Å². The van der Waals surface area contributed by atoms with Crippen LogP contribution in [0.2, 0.25) is 0 Å². The highest BCUT2D eigenvalue weighted by molar-refractivity contribution is 7.86. The van der Waals surface area contributed by atoms with Crippen molar-refractivity contribution in [3.63, 3.8) is 0 Å². The van der Waals surface area contributed by atoms with Crippen molar-refractivity contribution in [1.82, 2.24) is 8.61 Å². The van der Waals surface area contributed by atoms with Gasteiger partial charge in [0.2, 0.25) is 0 Å². The molecule has 0 aliphatic carbocycles. The van der Waals surface area contributed by atoms with Gasteiger partial charge in [-0.15, -0.1) is 0 Å². The van der Waals surface area contributed by atoms with E-state index < -0.39 is 10.2 Å². The zero-order valence-electron chi connectivity index (χ0n) is 9.97. The lowest BCUT2D eigenvalue weighted by atomic mass is 10.4. The molecule has 0 radical (unpaired) electrons. The van der Waals surface area contributed by atoms with Gasteiger partial charge in [-0.3, -0.25) is 0 Å². The molecule has 5 nitrogen and oxygen atoms in total. The zero-order valence-corrected chi connectivity index (χ0v) is 10.8. The summed E-state index contributed by atoms with van der Waals surface area (Å²) < 4.78 is 26.7. The molecule has 0 rings (SSSR count). The Balaban J connectivity index is 4.63. The minimum Gasteiger partial charge on any atom is -0.396 e. The van der Waals surface area contributed by atoms with Crippen LogP contribution in [0.3, 0.4) is 0 Å². The van der Waals surface area contributed by atoms with Crippen molar-refractivity contribution >= 4 is 10.2 Å². The average molecular weight is 238 g/mol. The fraction of sp³-hybridized carbons (Fsp3) is 1.00. The summed E-state index contributed by atoms with van der Waals surface area (Å²) in [5.74, 6) is 0. The number of aliphatic hydroxyl groups excluding tert-OH is 1. The number of hydrogen-bond acceptors (Lipinski definition) is 3. The van der Waals surface area contributed by atoms with E-state index in [0.717, 1.165) is 0 Å². The Morgan fingerprint density at radius 3 is 2.20 bits per heavy atom. The zero-order chi connectivity index (χ0) is 12.1. The Labute approximate surface area is 92.9 Å². The largest absolute Gasteiger partial charge is 0.396 e. The van der Waals surface area contributed by atoms with Crippen LogP contribution < -0.4 is 0 Å². The molecule has 0 amide bonds. The van der Waals surface area contributed by atoms with E-state index >= 15 is 0 Å². The number of nitrogens with zero attached hydrogens (tertiary/aromatic N) is 2. The normalized spacial score (nSPS) is 13.1. The predicted octanol–water partition coefficient (Wildman–Crippen LogP) is 0.276. The monoisotopic (exact) mass is 238 g/mol. The molecule has 0 aromatic heterocycles. The molecule has 0 unspecified atom stereocenters. The lowest BCUT2D eigenvalue weighted by Gasteiger charge is -2.29. The van der Waals surface area contributed by atoms with Crippen LogP contribution in [-0.4, -0.2) is 54.9 Å². The van der Waals surface area contributed by atoms with Gasteiger partial charge in [0.1, 0.15) is 0 Å². The molecule has 0 saturated carbocycles. The molecule has 0 bridgehead atoms. The van der Waals surface area contributed by atoms with Gasteiger partial charge in [0.25, 0.3) is 10.2 Å². The fourth-order valence-corrected chi connectivity index (χ4v) is 2.96. The van der Waals surface area contributed by atoms with E-state index in [0.29, 0.717) is 19.5 Å². The smallest absolute Gasteiger partial charge is 0.281 e. The second-order valence-electron chi connectivity index (χ2n) is 3.70. The minimum absolute atomic E-state index is 0.00760. The molecule has 0 aliphatic heterocycles. The van der Waals surface area contributed by atoms with Crippen LogP contribution in [0, 0.1) is 0 Å². The molecule has 92 valence electrons. The fourth-order valence-electron chi connectivity index (χ4n) is 1.38. The van der Waals surface area contributed by atoms with Crippen molar-refractivity contribution in [3.8, 4) is 0 Å². The maximum Gasteiger partial charge on any atom is 0.281 e. The Kier molecular flexibility index (Phi) is 6.35. The van der Waals surface area contributed by atoms with Gasteiger partial charge in [0.15, 0.2) is 0 Å². The Hall–Kier alpha value is -0.170. The summed E-state index contributed by atoms with van der Waals surface area (Å²) in [6.07, 6.45) is 0.464. The number of rotatable bonds is 7. The summed E-state index contributed by atoms with van der Waals surface area (Å²) in [6, 6.07) is -0.0448. The molecule has 15 heavy (non-hydrogen) atoms. The first-order chi connectivity index (χ1) is 6.87. The van der Waals surface area contributed by atoms with Gasteiger partial charge < -0.3 is 5.11 Å². The summed E-state index contributed by atoms with van der Waals surface area (Å²) in [5.41, 5.74) is 0. The molecule has 0 saturated heterocycles. The van der Waals surface area contributed by atoms with Gasteiger partial charge in [-0.2, -0.15) is 17.0 Å². The van der Waals surface area contributed by atoms with Gasteiger partial charge in [-0.1, -0.05) is 6.92 Å². The Morgan fingerprint density at radius 1 is 1.33 bits per heavy atom. The van der Waals surface area contributed by atoms with E-state index in [-0.39, 0.29) is 12.6 Å². The van der Waals surface area contributed by atoms with Gasteiger partial charge >= 0.3 is 0 Å². The quantitative estimate of drug-likeness (QED) is 0.693. The summed E-state index contributed by atoms with van der Waals surface area (Å²) in [6.45, 7) is 6.33. The van der Waals surface area contributed by atoms with Crippen LogP contribution in [0.1, 0.15) is 27.2 Å². The highest BCUT2D eigenvalue weighted by atomic mass is 32.2. The van der Waals surface area contributed by atoms with Crippen LogP contribution in [-0.2, 0) is 10.2 Å². The maximum atomic E-state index is 12.0. The highest BCUT2D eigenvalue weighted by Crippen LogP contribution is 2.10. The van der Waals surface area contributed by atoms with E-state index in [2.05, 4.69) is 0 Å².